The van der Waals surface area contributed by atoms with Crippen LogP contribution in [0.2, 0.25) is 0 Å². The molecular formula is C12H16N4O2. The smallest absolute Gasteiger partial charge is 0.296 e. The van der Waals surface area contributed by atoms with E-state index in [1.165, 1.54) is 0 Å². The van der Waals surface area contributed by atoms with Crippen molar-refractivity contribution in [1.82, 2.24) is 4.98 Å². The van der Waals surface area contributed by atoms with Gasteiger partial charge in [-0.1, -0.05) is 0 Å². The van der Waals surface area contributed by atoms with Crippen molar-refractivity contribution in [2.24, 2.45) is 5.73 Å². The Bertz CT molecular complexity index is 589. The summed E-state index contributed by atoms with van der Waals surface area (Å²) in [6.45, 7) is 3.70. The molecule has 1 aromatic carbocycles. The van der Waals surface area contributed by atoms with E-state index in [1.807, 2.05) is 13.8 Å². The summed E-state index contributed by atoms with van der Waals surface area (Å²) < 4.78 is 5.51. The first-order chi connectivity index (χ1) is 8.35. The highest BCUT2D eigenvalue weighted by Crippen LogP contribution is 2.24. The molecule has 0 saturated carbocycles. The van der Waals surface area contributed by atoms with Crippen LogP contribution in [-0.4, -0.2) is 16.4 Å². The number of rotatable bonds is 4. The summed E-state index contributed by atoms with van der Waals surface area (Å²) in [6.07, 6.45) is 0.188. The van der Waals surface area contributed by atoms with Gasteiger partial charge in [0.15, 0.2) is 5.58 Å². The number of hydrogen-bond acceptors (Lipinski definition) is 5. The maximum absolute atomic E-state index is 10.9. The van der Waals surface area contributed by atoms with E-state index in [0.717, 1.165) is 0 Å². The molecule has 1 heterocycles. The standard InChI is InChI=1S/C12H16N4O2/c1-12(2,6-10(14)17)16-11-15-8-4-3-7(13)5-9(8)18-11/h3-5H,6,13H2,1-2H3,(H2,14,17)(H,15,16). The summed E-state index contributed by atoms with van der Waals surface area (Å²) in [6, 6.07) is 5.58. The van der Waals surface area contributed by atoms with E-state index in [-0.39, 0.29) is 12.3 Å². The van der Waals surface area contributed by atoms with Crippen molar-refractivity contribution in [3.05, 3.63) is 18.2 Å². The van der Waals surface area contributed by atoms with Gasteiger partial charge in [0, 0.05) is 23.7 Å². The van der Waals surface area contributed by atoms with Crippen molar-refractivity contribution in [2.75, 3.05) is 11.1 Å². The lowest BCUT2D eigenvalue weighted by molar-refractivity contribution is -0.118. The molecule has 2 rings (SSSR count). The Hall–Kier alpha value is -2.24. The third-order valence-corrected chi connectivity index (χ3v) is 2.47. The van der Waals surface area contributed by atoms with Gasteiger partial charge in [-0.2, -0.15) is 4.98 Å². The molecule has 5 N–H and O–H groups in total. The molecule has 96 valence electrons. The van der Waals surface area contributed by atoms with Gasteiger partial charge in [-0.3, -0.25) is 4.79 Å². The number of oxazole rings is 1. The number of nitrogens with one attached hydrogen (secondary N) is 1. The van der Waals surface area contributed by atoms with Crippen molar-refractivity contribution >= 4 is 28.7 Å². The van der Waals surface area contributed by atoms with Crippen LogP contribution in [0.1, 0.15) is 20.3 Å². The lowest BCUT2D eigenvalue weighted by Gasteiger charge is -2.23. The number of anilines is 2. The van der Waals surface area contributed by atoms with Gasteiger partial charge in [0.1, 0.15) is 5.52 Å². The summed E-state index contributed by atoms with van der Waals surface area (Å²) in [5.74, 6) is -0.382. The number of benzene rings is 1. The van der Waals surface area contributed by atoms with Gasteiger partial charge in [-0.15, -0.1) is 0 Å². The molecule has 0 bridgehead atoms. The zero-order valence-electron chi connectivity index (χ0n) is 10.4. The van der Waals surface area contributed by atoms with Crippen LogP contribution in [0.3, 0.4) is 0 Å². The van der Waals surface area contributed by atoms with Gasteiger partial charge in [-0.05, 0) is 26.0 Å². The van der Waals surface area contributed by atoms with Crippen molar-refractivity contribution < 1.29 is 9.21 Å². The second-order valence-electron chi connectivity index (χ2n) is 4.90. The van der Waals surface area contributed by atoms with Crippen molar-refractivity contribution in [3.8, 4) is 0 Å². The van der Waals surface area contributed by atoms with E-state index in [1.54, 1.807) is 18.2 Å². The molecule has 6 nitrogen and oxygen atoms in total. The predicted molar refractivity (Wildman–Crippen MR) is 69.9 cm³/mol. The highest BCUT2D eigenvalue weighted by atomic mass is 16.4. The first kappa shape index (κ1) is 12.2. The number of nitrogens with zero attached hydrogens (tertiary/aromatic N) is 1. The fourth-order valence-electron chi connectivity index (χ4n) is 1.76. The number of nitrogen functional groups attached to an aromatic ring is 1. The molecule has 0 aliphatic rings. The van der Waals surface area contributed by atoms with Gasteiger partial charge >= 0.3 is 0 Å². The van der Waals surface area contributed by atoms with Crippen LogP contribution < -0.4 is 16.8 Å². The molecule has 0 unspecified atom stereocenters. The zero-order chi connectivity index (χ0) is 13.3. The van der Waals surface area contributed by atoms with Crippen LogP contribution in [0.15, 0.2) is 22.6 Å². The highest BCUT2D eigenvalue weighted by Gasteiger charge is 2.22. The lowest BCUT2D eigenvalue weighted by atomic mass is 10.0. The number of fused-ring (bicyclic) bond motifs is 1. The van der Waals surface area contributed by atoms with Gasteiger partial charge in [-0.25, -0.2) is 0 Å². The molecule has 18 heavy (non-hydrogen) atoms. The highest BCUT2D eigenvalue weighted by molar-refractivity contribution is 5.78. The minimum absolute atomic E-state index is 0.188. The van der Waals surface area contributed by atoms with Gasteiger partial charge in [0.2, 0.25) is 5.91 Å². The fourth-order valence-corrected chi connectivity index (χ4v) is 1.76. The quantitative estimate of drug-likeness (QED) is 0.710. The average molecular weight is 248 g/mol. The summed E-state index contributed by atoms with van der Waals surface area (Å²) in [4.78, 5) is 15.2. The van der Waals surface area contributed by atoms with Crippen LogP contribution in [0.25, 0.3) is 11.1 Å². The van der Waals surface area contributed by atoms with Crippen molar-refractivity contribution in [2.45, 2.75) is 25.8 Å². The van der Waals surface area contributed by atoms with Crippen LogP contribution in [-0.2, 0) is 4.79 Å². The molecule has 0 radical (unpaired) electrons. The van der Waals surface area contributed by atoms with E-state index < -0.39 is 5.54 Å². The second kappa shape index (κ2) is 4.21. The Morgan fingerprint density at radius 2 is 2.22 bits per heavy atom. The van der Waals surface area contributed by atoms with Crippen LogP contribution >= 0.6 is 0 Å². The Morgan fingerprint density at radius 3 is 2.89 bits per heavy atom. The van der Waals surface area contributed by atoms with Gasteiger partial charge in [0.25, 0.3) is 6.01 Å². The van der Waals surface area contributed by atoms with E-state index >= 15 is 0 Å². The lowest BCUT2D eigenvalue weighted by Crippen LogP contribution is -2.36. The zero-order valence-corrected chi connectivity index (χ0v) is 10.4. The molecule has 0 fully saturated rings. The number of aromatic nitrogens is 1. The molecule has 0 atom stereocenters. The molecule has 6 heteroatoms. The number of amides is 1. The normalized spacial score (nSPS) is 11.7. The maximum atomic E-state index is 10.9. The van der Waals surface area contributed by atoms with Crippen molar-refractivity contribution in [1.29, 1.82) is 0 Å². The second-order valence-corrected chi connectivity index (χ2v) is 4.90. The number of carbonyl (C=O) groups is 1. The van der Waals surface area contributed by atoms with E-state index in [9.17, 15) is 4.79 Å². The topological polar surface area (TPSA) is 107 Å². The SMILES string of the molecule is CC(C)(CC(N)=O)Nc1nc2ccc(N)cc2o1. The first-order valence-electron chi connectivity index (χ1n) is 5.58. The number of primary amides is 1. The molecule has 2 aromatic rings. The minimum atomic E-state index is -0.516. The van der Waals surface area contributed by atoms with Crippen LogP contribution in [0.5, 0.6) is 0 Å². The largest absolute Gasteiger partial charge is 0.423 e. The summed E-state index contributed by atoms with van der Waals surface area (Å²) >= 11 is 0. The van der Waals surface area contributed by atoms with E-state index in [0.29, 0.717) is 22.8 Å². The Balaban J connectivity index is 2.24. The molecule has 0 aliphatic heterocycles. The molecule has 1 amide bonds. The number of hydrogen-bond donors (Lipinski definition) is 3. The Labute approximate surface area is 104 Å². The Morgan fingerprint density at radius 1 is 1.50 bits per heavy atom. The van der Waals surface area contributed by atoms with E-state index in [2.05, 4.69) is 10.3 Å². The third-order valence-electron chi connectivity index (χ3n) is 2.47. The predicted octanol–water partition coefficient (Wildman–Crippen LogP) is 1.48. The number of carbonyl (C=O) groups excluding carboxylic acids is 1. The van der Waals surface area contributed by atoms with Crippen LogP contribution in [0, 0.1) is 0 Å². The van der Waals surface area contributed by atoms with Crippen LogP contribution in [0.4, 0.5) is 11.7 Å². The first-order valence-corrected chi connectivity index (χ1v) is 5.58. The Kier molecular flexibility index (Phi) is 2.86. The molecule has 0 aliphatic carbocycles. The summed E-state index contributed by atoms with van der Waals surface area (Å²) in [7, 11) is 0. The molecule has 1 aromatic heterocycles. The monoisotopic (exact) mass is 248 g/mol. The van der Waals surface area contributed by atoms with Gasteiger partial charge < -0.3 is 21.2 Å². The average Bonchev–Trinajstić information content (AvgIpc) is 2.55. The maximum Gasteiger partial charge on any atom is 0.296 e. The van der Waals surface area contributed by atoms with Crippen molar-refractivity contribution in [3.63, 3.8) is 0 Å². The van der Waals surface area contributed by atoms with Gasteiger partial charge in [0.05, 0.1) is 0 Å². The summed E-state index contributed by atoms with van der Waals surface area (Å²) in [5, 5.41) is 3.04. The summed E-state index contributed by atoms with van der Waals surface area (Å²) in [5.41, 5.74) is 12.2. The fraction of sp³-hybridized carbons (Fsp3) is 0.333. The third kappa shape index (κ3) is 2.71. The molecular weight excluding hydrogens is 232 g/mol. The minimum Gasteiger partial charge on any atom is -0.423 e. The number of nitrogens with two attached hydrogens (primary N) is 2. The molecule has 0 saturated heterocycles. The molecule has 0 spiro atoms. The van der Waals surface area contributed by atoms with E-state index in [4.69, 9.17) is 15.9 Å².